The second-order valence-corrected chi connectivity index (χ2v) is 3.29. The summed E-state index contributed by atoms with van der Waals surface area (Å²) < 4.78 is 1.78. The number of hydrogen-bond acceptors (Lipinski definition) is 4. The molecule has 2 aromatic rings. The maximum Gasteiger partial charge on any atom is 0.226 e. The number of carbonyl (C=O) groups is 1. The first-order valence-electron chi connectivity index (χ1n) is 4.59. The van der Waals surface area contributed by atoms with Crippen LogP contribution in [0, 0.1) is 0 Å². The first kappa shape index (κ1) is 10.2. The van der Waals surface area contributed by atoms with E-state index in [2.05, 4.69) is 15.2 Å². The van der Waals surface area contributed by atoms with Crippen LogP contribution in [0.2, 0.25) is 0 Å². The third-order valence-corrected chi connectivity index (χ3v) is 2.04. The number of aliphatic hydroxyl groups is 1. The van der Waals surface area contributed by atoms with Crippen LogP contribution >= 0.6 is 0 Å². The molecule has 0 amide bonds. The highest BCUT2D eigenvalue weighted by molar-refractivity contribution is 6.05. The number of aromatic amines is 1. The van der Waals surface area contributed by atoms with Gasteiger partial charge in [0, 0.05) is 31.1 Å². The lowest BCUT2D eigenvalue weighted by Gasteiger charge is -1.94. The maximum atomic E-state index is 11.5. The fourth-order valence-electron chi connectivity index (χ4n) is 1.25. The average molecular weight is 218 g/mol. The molecule has 0 bridgehead atoms. The normalized spacial score (nSPS) is 11.7. The van der Waals surface area contributed by atoms with Crippen molar-refractivity contribution in [1.29, 1.82) is 0 Å². The summed E-state index contributed by atoms with van der Waals surface area (Å²) in [5, 5.41) is 15.7. The average Bonchev–Trinajstić information content (AvgIpc) is 2.87. The number of nitrogens with zero attached hydrogens (tertiary/aromatic N) is 3. The minimum atomic E-state index is -0.418. The number of carbonyl (C=O) groups excluding carboxylic acids is 1. The molecule has 0 spiro atoms. The molecule has 0 radical (unpaired) electrons. The van der Waals surface area contributed by atoms with Crippen molar-refractivity contribution in [3.8, 4) is 0 Å². The highest BCUT2D eigenvalue weighted by Gasteiger charge is 2.08. The summed E-state index contributed by atoms with van der Waals surface area (Å²) in [7, 11) is 1.83. The molecule has 0 saturated heterocycles. The first-order valence-corrected chi connectivity index (χ1v) is 4.59. The van der Waals surface area contributed by atoms with Crippen LogP contribution < -0.4 is 0 Å². The molecule has 6 heteroatoms. The van der Waals surface area contributed by atoms with Crippen molar-refractivity contribution in [3.63, 3.8) is 0 Å². The predicted molar refractivity (Wildman–Crippen MR) is 56.7 cm³/mol. The number of rotatable bonds is 3. The van der Waals surface area contributed by atoms with E-state index in [9.17, 15) is 9.90 Å². The summed E-state index contributed by atoms with van der Waals surface area (Å²) in [6, 6.07) is 1.71. The van der Waals surface area contributed by atoms with Crippen LogP contribution in [-0.4, -0.2) is 30.6 Å². The molecule has 0 aliphatic rings. The van der Waals surface area contributed by atoms with Crippen molar-refractivity contribution >= 4 is 11.5 Å². The highest BCUT2D eigenvalue weighted by Crippen LogP contribution is 2.11. The number of nitrogens with one attached hydrogen (secondary N) is 1. The summed E-state index contributed by atoms with van der Waals surface area (Å²) in [6.07, 6.45) is 5.83. The molecule has 0 unspecified atom stereocenters. The lowest BCUT2D eigenvalue weighted by atomic mass is 10.2. The zero-order valence-electron chi connectivity index (χ0n) is 8.58. The van der Waals surface area contributed by atoms with E-state index < -0.39 is 5.78 Å². The number of allylic oxidation sites excluding steroid dienone is 1. The Hall–Kier alpha value is -2.37. The van der Waals surface area contributed by atoms with Crippen LogP contribution in [0.25, 0.3) is 5.76 Å². The Kier molecular flexibility index (Phi) is 2.55. The van der Waals surface area contributed by atoms with Crippen LogP contribution in [0.15, 0.2) is 30.9 Å². The minimum Gasteiger partial charge on any atom is -0.507 e. The minimum absolute atomic E-state index is 0.0954. The van der Waals surface area contributed by atoms with Crippen LogP contribution in [0.3, 0.4) is 0 Å². The van der Waals surface area contributed by atoms with E-state index in [0.717, 1.165) is 6.08 Å². The van der Waals surface area contributed by atoms with E-state index in [-0.39, 0.29) is 11.6 Å². The van der Waals surface area contributed by atoms with E-state index in [1.165, 1.54) is 6.33 Å². The summed E-state index contributed by atoms with van der Waals surface area (Å²) in [6.45, 7) is 0. The Bertz CT molecular complexity index is 525. The van der Waals surface area contributed by atoms with Crippen molar-refractivity contribution in [1.82, 2.24) is 19.7 Å². The van der Waals surface area contributed by atoms with Gasteiger partial charge in [-0.2, -0.15) is 5.10 Å². The van der Waals surface area contributed by atoms with E-state index in [1.54, 1.807) is 23.0 Å². The van der Waals surface area contributed by atoms with Gasteiger partial charge in [0.1, 0.15) is 12.1 Å². The van der Waals surface area contributed by atoms with Gasteiger partial charge in [-0.15, -0.1) is 0 Å². The smallest absolute Gasteiger partial charge is 0.226 e. The molecule has 2 heterocycles. The fourth-order valence-corrected chi connectivity index (χ4v) is 1.25. The number of ketones is 1. The van der Waals surface area contributed by atoms with Gasteiger partial charge in [0.15, 0.2) is 5.82 Å². The third kappa shape index (κ3) is 2.00. The highest BCUT2D eigenvalue weighted by atomic mass is 16.3. The van der Waals surface area contributed by atoms with Crippen molar-refractivity contribution < 1.29 is 9.90 Å². The number of aryl methyl sites for hydroxylation is 1. The molecule has 2 rings (SSSR count). The molecular weight excluding hydrogens is 208 g/mol. The molecule has 0 atom stereocenters. The van der Waals surface area contributed by atoms with Crippen LogP contribution in [0.4, 0.5) is 0 Å². The molecule has 0 fully saturated rings. The third-order valence-electron chi connectivity index (χ3n) is 2.04. The van der Waals surface area contributed by atoms with Gasteiger partial charge < -0.3 is 9.67 Å². The first-order chi connectivity index (χ1) is 7.66. The molecule has 0 aromatic carbocycles. The summed E-state index contributed by atoms with van der Waals surface area (Å²) in [5.74, 6) is -0.414. The summed E-state index contributed by atoms with van der Waals surface area (Å²) in [5.41, 5.74) is 0.579. The molecule has 6 nitrogen and oxygen atoms in total. The van der Waals surface area contributed by atoms with Crippen molar-refractivity contribution in [2.24, 2.45) is 7.05 Å². The largest absolute Gasteiger partial charge is 0.507 e. The van der Waals surface area contributed by atoms with Crippen LogP contribution in [0.5, 0.6) is 0 Å². The molecule has 2 aromatic heterocycles. The SMILES string of the molecule is Cn1ccc(C(O)=CC(=O)c2ncn[nH]2)c1. The zero-order chi connectivity index (χ0) is 11.5. The monoisotopic (exact) mass is 218 g/mol. The van der Waals surface area contributed by atoms with Crippen LogP contribution in [-0.2, 0) is 7.05 Å². The second kappa shape index (κ2) is 4.01. The quantitative estimate of drug-likeness (QED) is 0.456. The fraction of sp³-hybridized carbons (Fsp3) is 0.100. The van der Waals surface area contributed by atoms with Gasteiger partial charge in [-0.05, 0) is 6.07 Å². The summed E-state index contributed by atoms with van der Waals surface area (Å²) in [4.78, 5) is 15.2. The van der Waals surface area contributed by atoms with Crippen molar-refractivity contribution in [2.45, 2.75) is 0 Å². The van der Waals surface area contributed by atoms with E-state index in [0.29, 0.717) is 5.56 Å². The van der Waals surface area contributed by atoms with Crippen LogP contribution in [0.1, 0.15) is 16.2 Å². The Morgan fingerprint density at radius 3 is 3.00 bits per heavy atom. The molecule has 16 heavy (non-hydrogen) atoms. The molecule has 0 saturated carbocycles. The number of hydrogen-bond donors (Lipinski definition) is 2. The van der Waals surface area contributed by atoms with Gasteiger partial charge in [-0.3, -0.25) is 9.89 Å². The van der Waals surface area contributed by atoms with E-state index >= 15 is 0 Å². The Balaban J connectivity index is 2.22. The molecular formula is C10H10N4O2. The number of aromatic nitrogens is 4. The van der Waals surface area contributed by atoms with Gasteiger partial charge in [-0.25, -0.2) is 4.98 Å². The molecule has 82 valence electrons. The molecule has 0 aliphatic heterocycles. The van der Waals surface area contributed by atoms with Gasteiger partial charge in [-0.1, -0.05) is 0 Å². The topological polar surface area (TPSA) is 83.8 Å². The Morgan fingerprint density at radius 2 is 2.44 bits per heavy atom. The van der Waals surface area contributed by atoms with Gasteiger partial charge >= 0.3 is 0 Å². The number of H-pyrrole nitrogens is 1. The molecule has 0 aliphatic carbocycles. The van der Waals surface area contributed by atoms with Crippen molar-refractivity contribution in [2.75, 3.05) is 0 Å². The lowest BCUT2D eigenvalue weighted by Crippen LogP contribution is -1.99. The van der Waals surface area contributed by atoms with Gasteiger partial charge in [0.05, 0.1) is 0 Å². The van der Waals surface area contributed by atoms with E-state index in [4.69, 9.17) is 0 Å². The number of aliphatic hydroxyl groups excluding tert-OH is 1. The van der Waals surface area contributed by atoms with Gasteiger partial charge in [0.2, 0.25) is 5.78 Å². The standard InChI is InChI=1S/C10H10N4O2/c1-14-3-2-7(5-14)8(15)4-9(16)10-11-6-12-13-10/h2-6,15H,1H3,(H,11,12,13). The maximum absolute atomic E-state index is 11.5. The lowest BCUT2D eigenvalue weighted by molar-refractivity contribution is 0.103. The van der Waals surface area contributed by atoms with Crippen molar-refractivity contribution in [3.05, 3.63) is 42.3 Å². The molecule has 2 N–H and O–H groups in total. The second-order valence-electron chi connectivity index (χ2n) is 3.29. The zero-order valence-corrected chi connectivity index (χ0v) is 8.58. The summed E-state index contributed by atoms with van der Waals surface area (Å²) >= 11 is 0. The van der Waals surface area contributed by atoms with E-state index in [1.807, 2.05) is 7.05 Å². The Morgan fingerprint density at radius 1 is 1.62 bits per heavy atom. The predicted octanol–water partition coefficient (Wildman–Crippen LogP) is 0.925. The van der Waals surface area contributed by atoms with Gasteiger partial charge in [0.25, 0.3) is 0 Å². The Labute approximate surface area is 91.3 Å².